The van der Waals surface area contributed by atoms with E-state index in [9.17, 15) is 14.4 Å². The van der Waals surface area contributed by atoms with E-state index in [1.165, 1.54) is 11.3 Å². The monoisotopic (exact) mass is 543 g/mol. The highest BCUT2D eigenvalue weighted by Gasteiger charge is 2.37. The van der Waals surface area contributed by atoms with Crippen LogP contribution in [0.1, 0.15) is 50.2 Å². The van der Waals surface area contributed by atoms with E-state index >= 15 is 0 Å². The molecule has 3 amide bonds. The highest BCUT2D eigenvalue weighted by molar-refractivity contribution is 7.13. The van der Waals surface area contributed by atoms with E-state index in [0.29, 0.717) is 34.9 Å². The third-order valence-corrected chi connectivity index (χ3v) is 8.41. The van der Waals surface area contributed by atoms with Crippen molar-refractivity contribution in [3.63, 3.8) is 0 Å². The number of nitrogens with zero attached hydrogens (tertiary/aromatic N) is 3. The van der Waals surface area contributed by atoms with E-state index in [1.54, 1.807) is 43.3 Å². The molecule has 0 radical (unpaired) electrons. The molecule has 37 heavy (non-hydrogen) atoms. The lowest BCUT2D eigenvalue weighted by Crippen LogP contribution is -2.55. The fourth-order valence-corrected chi connectivity index (χ4v) is 6.38. The van der Waals surface area contributed by atoms with E-state index in [0.717, 1.165) is 35.5 Å². The summed E-state index contributed by atoms with van der Waals surface area (Å²) in [4.78, 5) is 48.6. The molecule has 0 unspecified atom stereocenters. The van der Waals surface area contributed by atoms with E-state index < -0.39 is 6.04 Å². The van der Waals surface area contributed by atoms with Gasteiger partial charge in [-0.05, 0) is 50.6 Å². The molecule has 3 aromatic rings. The molecule has 0 bridgehead atoms. The lowest BCUT2D eigenvalue weighted by atomic mass is 9.81. The number of carbonyl (C=O) groups excluding carboxylic acids is 3. The predicted molar refractivity (Wildman–Crippen MR) is 142 cm³/mol. The topological polar surface area (TPSA) is 108 Å². The molecule has 9 nitrogen and oxygen atoms in total. The maximum absolute atomic E-state index is 13.3. The van der Waals surface area contributed by atoms with Crippen LogP contribution in [0.3, 0.4) is 0 Å². The van der Waals surface area contributed by atoms with Gasteiger partial charge in [-0.25, -0.2) is 4.98 Å². The SMILES string of the molecule is CN1CCc2nc(C(=O)N[C@@H]3C[C@@H](C(=O)N(C)C)CC[C@@H]3NC(=O)c3cc4cc(Cl)ccc4o3)sc2C1. The molecular formula is C26H30ClN5O4S. The van der Waals surface area contributed by atoms with Crippen LogP contribution in [-0.4, -0.2) is 72.3 Å². The maximum atomic E-state index is 13.3. The zero-order valence-electron chi connectivity index (χ0n) is 21.0. The van der Waals surface area contributed by atoms with Crippen molar-refractivity contribution >= 4 is 51.6 Å². The predicted octanol–water partition coefficient (Wildman–Crippen LogP) is 3.32. The second-order valence-corrected chi connectivity index (χ2v) is 11.6. The summed E-state index contributed by atoms with van der Waals surface area (Å²) in [6.07, 6.45) is 2.41. The van der Waals surface area contributed by atoms with Crippen molar-refractivity contribution in [3.05, 3.63) is 50.6 Å². The number of hydrogen-bond acceptors (Lipinski definition) is 7. The Kier molecular flexibility index (Phi) is 7.24. The fraction of sp³-hybridized carbons (Fsp3) is 0.462. The number of rotatable bonds is 5. The third-order valence-electron chi connectivity index (χ3n) is 7.09. The molecule has 1 fully saturated rings. The number of aromatic nitrogens is 1. The Balaban J connectivity index is 1.34. The van der Waals surface area contributed by atoms with Gasteiger partial charge in [-0.15, -0.1) is 11.3 Å². The van der Waals surface area contributed by atoms with Crippen molar-refractivity contribution in [2.24, 2.45) is 5.92 Å². The molecule has 3 atom stereocenters. The van der Waals surface area contributed by atoms with Crippen molar-refractivity contribution in [3.8, 4) is 0 Å². The van der Waals surface area contributed by atoms with Gasteiger partial charge in [0.2, 0.25) is 5.91 Å². The van der Waals surface area contributed by atoms with E-state index in [4.69, 9.17) is 16.0 Å². The standard InChI is InChI=1S/C26H30ClN5O4S/c1-31(2)26(35)14-4-6-17(28-23(33)21-12-15-10-16(27)5-7-20(15)36-21)19(11-14)29-24(34)25-30-18-8-9-32(3)13-22(18)37-25/h5,7,10,12,14,17,19H,4,6,8-9,11,13H2,1-3H3,(H,28,33)(H,29,34)/t14-,17-,19+/m0/s1. The molecule has 1 saturated carbocycles. The van der Waals surface area contributed by atoms with Gasteiger partial charge in [0.15, 0.2) is 10.8 Å². The van der Waals surface area contributed by atoms with Crippen LogP contribution in [0.2, 0.25) is 5.02 Å². The highest BCUT2D eigenvalue weighted by Crippen LogP contribution is 2.29. The summed E-state index contributed by atoms with van der Waals surface area (Å²) in [6.45, 7) is 1.70. The molecule has 196 valence electrons. The third kappa shape index (κ3) is 5.51. The van der Waals surface area contributed by atoms with Gasteiger partial charge in [0, 0.05) is 60.9 Å². The van der Waals surface area contributed by atoms with Gasteiger partial charge in [-0.2, -0.15) is 0 Å². The van der Waals surface area contributed by atoms with Crippen LogP contribution in [-0.2, 0) is 17.8 Å². The van der Waals surface area contributed by atoms with Gasteiger partial charge < -0.3 is 24.9 Å². The summed E-state index contributed by atoms with van der Waals surface area (Å²) in [5.41, 5.74) is 1.55. The first kappa shape index (κ1) is 25.7. The minimum Gasteiger partial charge on any atom is -0.451 e. The summed E-state index contributed by atoms with van der Waals surface area (Å²) >= 11 is 7.47. The fourth-order valence-electron chi connectivity index (χ4n) is 5.11. The average molecular weight is 544 g/mol. The van der Waals surface area contributed by atoms with Gasteiger partial charge in [0.1, 0.15) is 5.58 Å². The Morgan fingerprint density at radius 3 is 2.70 bits per heavy atom. The van der Waals surface area contributed by atoms with E-state index in [-0.39, 0.29) is 35.4 Å². The van der Waals surface area contributed by atoms with Crippen molar-refractivity contribution in [1.29, 1.82) is 0 Å². The van der Waals surface area contributed by atoms with Crippen LogP contribution >= 0.6 is 22.9 Å². The molecule has 11 heteroatoms. The first-order valence-corrected chi connectivity index (χ1v) is 13.6. The van der Waals surface area contributed by atoms with Gasteiger partial charge >= 0.3 is 0 Å². The number of nitrogens with one attached hydrogen (secondary N) is 2. The molecule has 5 rings (SSSR count). The minimum atomic E-state index is -0.429. The Morgan fingerprint density at radius 2 is 1.92 bits per heavy atom. The Bertz CT molecular complexity index is 1350. The van der Waals surface area contributed by atoms with Crippen LogP contribution in [0.25, 0.3) is 11.0 Å². The molecule has 3 heterocycles. The zero-order valence-corrected chi connectivity index (χ0v) is 22.6. The lowest BCUT2D eigenvalue weighted by molar-refractivity contribution is -0.134. The van der Waals surface area contributed by atoms with Crippen molar-refractivity contribution in [2.45, 2.75) is 44.3 Å². The number of fused-ring (bicyclic) bond motifs is 2. The minimum absolute atomic E-state index is 0.0194. The summed E-state index contributed by atoms with van der Waals surface area (Å²) in [5, 5.41) is 7.83. The van der Waals surface area contributed by atoms with Gasteiger partial charge in [0.05, 0.1) is 11.7 Å². The Morgan fingerprint density at radius 1 is 1.14 bits per heavy atom. The number of halogens is 1. The Labute approximate surface area is 224 Å². The maximum Gasteiger partial charge on any atom is 0.287 e. The molecule has 0 saturated heterocycles. The van der Waals surface area contributed by atoms with Crippen LogP contribution in [0, 0.1) is 5.92 Å². The molecule has 1 aliphatic heterocycles. The molecule has 2 aliphatic rings. The van der Waals surface area contributed by atoms with Crippen molar-refractivity contribution in [2.75, 3.05) is 27.7 Å². The quantitative estimate of drug-likeness (QED) is 0.511. The van der Waals surface area contributed by atoms with Crippen LogP contribution in [0.4, 0.5) is 0 Å². The zero-order chi connectivity index (χ0) is 26.3. The lowest BCUT2D eigenvalue weighted by Gasteiger charge is -2.37. The molecule has 1 aromatic carbocycles. The first-order valence-electron chi connectivity index (χ1n) is 12.4. The Hall–Kier alpha value is -2.95. The molecule has 2 N–H and O–H groups in total. The summed E-state index contributed by atoms with van der Waals surface area (Å²) in [7, 11) is 5.51. The highest BCUT2D eigenvalue weighted by atomic mass is 35.5. The van der Waals surface area contributed by atoms with E-state index in [2.05, 4.69) is 27.6 Å². The number of hydrogen-bond donors (Lipinski definition) is 2. The number of likely N-dealkylation sites (N-methyl/N-ethyl adjacent to an activating group) is 1. The average Bonchev–Trinajstić information content (AvgIpc) is 3.48. The normalized spacial score (nSPS) is 21.9. The summed E-state index contributed by atoms with van der Waals surface area (Å²) in [5.74, 6) is -0.694. The van der Waals surface area contributed by atoms with Crippen molar-refractivity contribution < 1.29 is 18.8 Å². The van der Waals surface area contributed by atoms with Crippen LogP contribution in [0.15, 0.2) is 28.7 Å². The van der Waals surface area contributed by atoms with Crippen LogP contribution in [0.5, 0.6) is 0 Å². The number of carbonyl (C=O) groups is 3. The van der Waals surface area contributed by atoms with Gasteiger partial charge in [-0.1, -0.05) is 11.6 Å². The number of furan rings is 1. The van der Waals surface area contributed by atoms with Gasteiger partial charge in [-0.3, -0.25) is 14.4 Å². The van der Waals surface area contributed by atoms with Crippen LogP contribution < -0.4 is 10.6 Å². The number of amides is 3. The number of thiazole rings is 1. The molecule has 2 aromatic heterocycles. The first-order chi connectivity index (χ1) is 17.7. The largest absolute Gasteiger partial charge is 0.451 e. The second-order valence-electron chi connectivity index (χ2n) is 10.1. The van der Waals surface area contributed by atoms with Gasteiger partial charge in [0.25, 0.3) is 11.8 Å². The number of benzene rings is 1. The summed E-state index contributed by atoms with van der Waals surface area (Å²) in [6, 6.07) is 6.03. The molecule has 0 spiro atoms. The molecule has 1 aliphatic carbocycles. The van der Waals surface area contributed by atoms with Crippen molar-refractivity contribution in [1.82, 2.24) is 25.4 Å². The summed E-state index contributed by atoms with van der Waals surface area (Å²) < 4.78 is 5.73. The van der Waals surface area contributed by atoms with E-state index in [1.807, 2.05) is 0 Å². The molecular weight excluding hydrogens is 514 g/mol. The second kappa shape index (κ2) is 10.4. The smallest absolute Gasteiger partial charge is 0.287 e.